The first-order valence-electron chi connectivity index (χ1n) is 7.67. The Hall–Kier alpha value is -3.16. The van der Waals surface area contributed by atoms with Gasteiger partial charge in [-0.05, 0) is 26.0 Å². The number of fused-ring (bicyclic) bond motifs is 1. The van der Waals surface area contributed by atoms with Gasteiger partial charge >= 0.3 is 5.97 Å². The van der Waals surface area contributed by atoms with Crippen LogP contribution in [-0.2, 0) is 11.3 Å². The summed E-state index contributed by atoms with van der Waals surface area (Å²) in [7, 11) is 0. The number of halogens is 1. The van der Waals surface area contributed by atoms with E-state index in [2.05, 4.69) is 10.1 Å². The fraction of sp³-hybridized carbons (Fsp3) is 0.235. The number of para-hydroxylation sites is 1. The van der Waals surface area contributed by atoms with Crippen LogP contribution in [0.5, 0.6) is 5.75 Å². The van der Waals surface area contributed by atoms with Gasteiger partial charge in [0.05, 0.1) is 12.3 Å². The highest BCUT2D eigenvalue weighted by atomic mass is 19.1. The van der Waals surface area contributed by atoms with Gasteiger partial charge in [0.2, 0.25) is 0 Å². The van der Waals surface area contributed by atoms with Gasteiger partial charge in [-0.15, -0.1) is 0 Å². The van der Waals surface area contributed by atoms with Crippen LogP contribution in [0, 0.1) is 12.7 Å². The van der Waals surface area contributed by atoms with E-state index in [1.165, 1.54) is 18.2 Å². The Morgan fingerprint density at radius 2 is 2.12 bits per heavy atom. The fourth-order valence-electron chi connectivity index (χ4n) is 2.43. The first-order chi connectivity index (χ1) is 12.0. The smallest absolute Gasteiger partial charge is 0.343 e. The number of rotatable bonds is 5. The van der Waals surface area contributed by atoms with E-state index in [-0.39, 0.29) is 35.9 Å². The number of benzene rings is 1. The minimum absolute atomic E-state index is 0.0559. The van der Waals surface area contributed by atoms with Gasteiger partial charge in [0.25, 0.3) is 5.56 Å². The Balaban J connectivity index is 1.97. The van der Waals surface area contributed by atoms with Gasteiger partial charge < -0.3 is 9.47 Å². The number of aromatic amines is 1. The number of H-pyrrole nitrogens is 1. The van der Waals surface area contributed by atoms with Crippen molar-refractivity contribution in [3.05, 3.63) is 63.5 Å². The molecule has 0 aliphatic carbocycles. The molecule has 0 radical (unpaired) electrons. The molecule has 0 spiro atoms. The SMILES string of the molecule is CCOC(=O)c1c(C)[nH]n2c(=O)cc(COc3ccccc3F)nc12. The maximum atomic E-state index is 13.6. The second kappa shape index (κ2) is 6.76. The number of aryl methyl sites for hydroxylation is 1. The highest BCUT2D eigenvalue weighted by Gasteiger charge is 2.20. The van der Waals surface area contributed by atoms with Crippen molar-refractivity contribution in [1.29, 1.82) is 0 Å². The molecule has 0 unspecified atom stereocenters. The van der Waals surface area contributed by atoms with E-state index in [0.717, 1.165) is 4.52 Å². The zero-order chi connectivity index (χ0) is 18.0. The van der Waals surface area contributed by atoms with Crippen molar-refractivity contribution >= 4 is 11.6 Å². The normalized spacial score (nSPS) is 10.8. The lowest BCUT2D eigenvalue weighted by molar-refractivity contribution is 0.0527. The Kier molecular flexibility index (Phi) is 4.51. The molecule has 25 heavy (non-hydrogen) atoms. The van der Waals surface area contributed by atoms with Crippen LogP contribution < -0.4 is 10.3 Å². The third-order valence-corrected chi connectivity index (χ3v) is 3.54. The zero-order valence-corrected chi connectivity index (χ0v) is 13.7. The summed E-state index contributed by atoms with van der Waals surface area (Å²) in [6.45, 7) is 3.43. The van der Waals surface area contributed by atoms with E-state index in [0.29, 0.717) is 5.69 Å². The lowest BCUT2D eigenvalue weighted by Gasteiger charge is -2.07. The monoisotopic (exact) mass is 345 g/mol. The third-order valence-electron chi connectivity index (χ3n) is 3.54. The predicted octanol–water partition coefficient (Wildman–Crippen LogP) is 2.23. The van der Waals surface area contributed by atoms with Crippen LogP contribution in [0.1, 0.15) is 28.7 Å². The second-order valence-electron chi connectivity index (χ2n) is 5.30. The molecule has 1 aromatic carbocycles. The van der Waals surface area contributed by atoms with Crippen LogP contribution in [0.4, 0.5) is 4.39 Å². The van der Waals surface area contributed by atoms with Gasteiger partial charge in [-0.3, -0.25) is 9.89 Å². The number of hydrogen-bond donors (Lipinski definition) is 1. The maximum absolute atomic E-state index is 13.6. The standard InChI is InChI=1S/C17H16FN3O4/c1-3-24-17(23)15-10(2)20-21-14(22)8-11(19-16(15)21)9-25-13-7-5-4-6-12(13)18/h4-8,20H,3,9H2,1-2H3. The first-order valence-corrected chi connectivity index (χ1v) is 7.67. The van der Waals surface area contributed by atoms with E-state index in [1.807, 2.05) is 0 Å². The predicted molar refractivity (Wildman–Crippen MR) is 87.2 cm³/mol. The molecular weight excluding hydrogens is 329 g/mol. The average Bonchev–Trinajstić information content (AvgIpc) is 2.91. The van der Waals surface area contributed by atoms with E-state index >= 15 is 0 Å². The summed E-state index contributed by atoms with van der Waals surface area (Å²) >= 11 is 0. The van der Waals surface area contributed by atoms with Crippen molar-refractivity contribution in [2.24, 2.45) is 0 Å². The number of aromatic nitrogens is 3. The summed E-state index contributed by atoms with van der Waals surface area (Å²) in [4.78, 5) is 28.6. The highest BCUT2D eigenvalue weighted by molar-refractivity contribution is 5.97. The van der Waals surface area contributed by atoms with Crippen molar-refractivity contribution in [1.82, 2.24) is 14.6 Å². The highest BCUT2D eigenvalue weighted by Crippen LogP contribution is 2.18. The van der Waals surface area contributed by atoms with Crippen LogP contribution in [0.15, 0.2) is 35.1 Å². The summed E-state index contributed by atoms with van der Waals surface area (Å²) in [6.07, 6.45) is 0. The van der Waals surface area contributed by atoms with E-state index in [9.17, 15) is 14.0 Å². The van der Waals surface area contributed by atoms with Crippen molar-refractivity contribution < 1.29 is 18.7 Å². The molecule has 3 rings (SSSR count). The van der Waals surface area contributed by atoms with Gasteiger partial charge in [0.15, 0.2) is 17.2 Å². The number of carbonyl (C=O) groups is 1. The molecule has 3 aromatic rings. The molecule has 2 heterocycles. The molecule has 0 aliphatic heterocycles. The molecular formula is C17H16FN3O4. The number of nitrogens with one attached hydrogen (secondary N) is 1. The lowest BCUT2D eigenvalue weighted by Crippen LogP contribution is -2.17. The molecule has 8 heteroatoms. The number of esters is 1. The molecule has 0 saturated heterocycles. The maximum Gasteiger partial charge on any atom is 0.343 e. The summed E-state index contributed by atoms with van der Waals surface area (Å²) in [5, 5.41) is 2.78. The number of hydrogen-bond acceptors (Lipinski definition) is 5. The van der Waals surface area contributed by atoms with Crippen molar-refractivity contribution in [3.63, 3.8) is 0 Å². The second-order valence-corrected chi connectivity index (χ2v) is 5.30. The van der Waals surface area contributed by atoms with Crippen LogP contribution in [0.2, 0.25) is 0 Å². The molecule has 0 amide bonds. The van der Waals surface area contributed by atoms with Gasteiger partial charge in [-0.2, -0.15) is 0 Å². The minimum Gasteiger partial charge on any atom is -0.484 e. The largest absolute Gasteiger partial charge is 0.484 e. The van der Waals surface area contributed by atoms with Gasteiger partial charge in [-0.1, -0.05) is 12.1 Å². The summed E-state index contributed by atoms with van der Waals surface area (Å²) in [5.74, 6) is -1.02. The van der Waals surface area contributed by atoms with Crippen LogP contribution >= 0.6 is 0 Å². The molecule has 0 fully saturated rings. The van der Waals surface area contributed by atoms with Gasteiger partial charge in [0.1, 0.15) is 12.2 Å². The van der Waals surface area contributed by atoms with Crippen LogP contribution in [0.25, 0.3) is 5.65 Å². The first kappa shape index (κ1) is 16.7. The third kappa shape index (κ3) is 3.23. The van der Waals surface area contributed by atoms with E-state index in [1.54, 1.807) is 26.0 Å². The molecule has 130 valence electrons. The lowest BCUT2D eigenvalue weighted by atomic mass is 10.2. The molecule has 0 bridgehead atoms. The van der Waals surface area contributed by atoms with Crippen LogP contribution in [0.3, 0.4) is 0 Å². The van der Waals surface area contributed by atoms with Crippen LogP contribution in [-0.4, -0.2) is 27.2 Å². The Morgan fingerprint density at radius 3 is 2.84 bits per heavy atom. The van der Waals surface area contributed by atoms with Crippen molar-refractivity contribution in [3.8, 4) is 5.75 Å². The molecule has 0 saturated carbocycles. The van der Waals surface area contributed by atoms with Gasteiger partial charge in [-0.25, -0.2) is 18.7 Å². The molecule has 2 aromatic heterocycles. The summed E-state index contributed by atoms with van der Waals surface area (Å²) in [5.41, 5.74) is 0.672. The summed E-state index contributed by atoms with van der Waals surface area (Å²) in [6, 6.07) is 7.20. The van der Waals surface area contributed by atoms with E-state index < -0.39 is 17.3 Å². The topological polar surface area (TPSA) is 85.7 Å². The van der Waals surface area contributed by atoms with Crippen molar-refractivity contribution in [2.45, 2.75) is 20.5 Å². The quantitative estimate of drug-likeness (QED) is 0.717. The Bertz CT molecular complexity index is 993. The number of nitrogens with zero attached hydrogens (tertiary/aromatic N) is 2. The van der Waals surface area contributed by atoms with Gasteiger partial charge in [0, 0.05) is 11.8 Å². The number of carbonyl (C=O) groups excluding carboxylic acids is 1. The summed E-state index contributed by atoms with van der Waals surface area (Å²) < 4.78 is 25.1. The Morgan fingerprint density at radius 1 is 1.36 bits per heavy atom. The molecule has 0 aliphatic rings. The average molecular weight is 345 g/mol. The minimum atomic E-state index is -0.571. The van der Waals surface area contributed by atoms with Crippen molar-refractivity contribution in [2.75, 3.05) is 6.61 Å². The molecule has 1 N–H and O–H groups in total. The zero-order valence-electron chi connectivity index (χ0n) is 13.7. The molecule has 0 atom stereocenters. The molecule has 7 nitrogen and oxygen atoms in total. The Labute approximate surface area is 142 Å². The fourth-order valence-corrected chi connectivity index (χ4v) is 2.43. The van der Waals surface area contributed by atoms with E-state index in [4.69, 9.17) is 9.47 Å². The number of ether oxygens (including phenoxy) is 2.